The van der Waals surface area contributed by atoms with Gasteiger partial charge in [-0.1, -0.05) is 17.7 Å². The second-order valence-electron chi connectivity index (χ2n) is 4.22. The molecule has 2 amide bonds. The van der Waals surface area contributed by atoms with Crippen molar-refractivity contribution in [3.05, 3.63) is 47.2 Å². The first-order valence-corrected chi connectivity index (χ1v) is 5.69. The third kappa shape index (κ3) is 2.62. The monoisotopic (exact) mass is 258 g/mol. The van der Waals surface area contributed by atoms with Gasteiger partial charge in [-0.05, 0) is 19.1 Å². The highest BCUT2D eigenvalue weighted by molar-refractivity contribution is 6.07. The Morgan fingerprint density at radius 3 is 2.74 bits per heavy atom. The zero-order valence-corrected chi connectivity index (χ0v) is 10.7. The molecule has 0 saturated carbocycles. The number of nitrogens with zero attached hydrogens (tertiary/aromatic N) is 2. The Bertz CT molecular complexity index is 646. The van der Waals surface area contributed by atoms with Gasteiger partial charge in [-0.3, -0.25) is 14.3 Å². The Hall–Kier alpha value is -2.63. The van der Waals surface area contributed by atoms with E-state index in [1.165, 1.54) is 10.9 Å². The maximum atomic E-state index is 12.1. The Kier molecular flexibility index (Phi) is 3.33. The van der Waals surface area contributed by atoms with Crippen LogP contribution in [0.3, 0.4) is 0 Å². The van der Waals surface area contributed by atoms with Crippen molar-refractivity contribution in [1.82, 2.24) is 9.78 Å². The van der Waals surface area contributed by atoms with Crippen LogP contribution in [0.4, 0.5) is 5.82 Å². The molecule has 19 heavy (non-hydrogen) atoms. The highest BCUT2D eigenvalue weighted by Crippen LogP contribution is 2.15. The molecular formula is C13H14N4O2. The summed E-state index contributed by atoms with van der Waals surface area (Å²) < 4.78 is 1.40. The van der Waals surface area contributed by atoms with Gasteiger partial charge >= 0.3 is 0 Å². The summed E-state index contributed by atoms with van der Waals surface area (Å²) in [5.74, 6) is -0.651. The lowest BCUT2D eigenvalue weighted by molar-refractivity contribution is 0.100. The lowest BCUT2D eigenvalue weighted by atomic mass is 10.1. The molecule has 0 aliphatic heterocycles. The van der Waals surface area contributed by atoms with Crippen LogP contribution in [0.25, 0.3) is 0 Å². The SMILES string of the molecule is Cc1cccc(C(=O)Nc2c(C(N)=O)cnn2C)c1. The van der Waals surface area contributed by atoms with Gasteiger partial charge in [-0.2, -0.15) is 5.10 Å². The Balaban J connectivity index is 2.29. The Morgan fingerprint density at radius 2 is 2.11 bits per heavy atom. The first kappa shape index (κ1) is 12.8. The van der Waals surface area contributed by atoms with Crippen LogP contribution in [0.5, 0.6) is 0 Å². The summed E-state index contributed by atoms with van der Waals surface area (Å²) in [5, 5.41) is 6.55. The van der Waals surface area contributed by atoms with E-state index in [-0.39, 0.29) is 11.5 Å². The zero-order valence-electron chi connectivity index (χ0n) is 10.7. The predicted octanol–water partition coefficient (Wildman–Crippen LogP) is 1.08. The minimum absolute atomic E-state index is 0.184. The number of aryl methyl sites for hydroxylation is 2. The number of aromatic nitrogens is 2. The Morgan fingerprint density at radius 1 is 1.37 bits per heavy atom. The molecule has 0 bridgehead atoms. The van der Waals surface area contributed by atoms with Gasteiger partial charge in [0.2, 0.25) is 0 Å². The summed E-state index contributed by atoms with van der Waals surface area (Å²) in [7, 11) is 1.62. The van der Waals surface area contributed by atoms with Crippen molar-refractivity contribution >= 4 is 17.6 Å². The van der Waals surface area contributed by atoms with Gasteiger partial charge in [0.25, 0.3) is 11.8 Å². The quantitative estimate of drug-likeness (QED) is 0.863. The van der Waals surface area contributed by atoms with E-state index >= 15 is 0 Å². The molecule has 6 heteroatoms. The van der Waals surface area contributed by atoms with Crippen molar-refractivity contribution in [2.45, 2.75) is 6.92 Å². The van der Waals surface area contributed by atoms with Crippen LogP contribution < -0.4 is 11.1 Å². The minimum atomic E-state index is -0.632. The van der Waals surface area contributed by atoms with E-state index in [1.807, 2.05) is 13.0 Å². The summed E-state index contributed by atoms with van der Waals surface area (Å²) in [6, 6.07) is 7.15. The van der Waals surface area contributed by atoms with Crippen LogP contribution in [0.2, 0.25) is 0 Å². The molecule has 1 aromatic heterocycles. The average molecular weight is 258 g/mol. The van der Waals surface area contributed by atoms with Gasteiger partial charge in [-0.15, -0.1) is 0 Å². The number of hydrogen-bond acceptors (Lipinski definition) is 3. The Labute approximate surface area is 110 Å². The molecule has 98 valence electrons. The summed E-state index contributed by atoms with van der Waals surface area (Å²) in [5.41, 5.74) is 6.90. The number of rotatable bonds is 3. The molecule has 2 rings (SSSR count). The number of carbonyl (C=O) groups excluding carboxylic acids is 2. The predicted molar refractivity (Wildman–Crippen MR) is 70.9 cm³/mol. The van der Waals surface area contributed by atoms with E-state index < -0.39 is 5.91 Å². The van der Waals surface area contributed by atoms with Crippen LogP contribution in [-0.2, 0) is 7.05 Å². The number of amides is 2. The van der Waals surface area contributed by atoms with Gasteiger partial charge in [0.1, 0.15) is 11.4 Å². The maximum Gasteiger partial charge on any atom is 0.256 e. The standard InChI is InChI=1S/C13H14N4O2/c1-8-4-3-5-9(6-8)13(19)16-12-10(11(14)18)7-15-17(12)2/h3-7H,1-2H3,(H2,14,18)(H,16,19). The molecule has 0 fully saturated rings. The van der Waals surface area contributed by atoms with E-state index in [9.17, 15) is 9.59 Å². The highest BCUT2D eigenvalue weighted by Gasteiger charge is 2.16. The fraction of sp³-hybridized carbons (Fsp3) is 0.154. The number of hydrogen-bond donors (Lipinski definition) is 2. The fourth-order valence-corrected chi connectivity index (χ4v) is 1.73. The van der Waals surface area contributed by atoms with Crippen molar-refractivity contribution < 1.29 is 9.59 Å². The molecule has 2 aromatic rings. The molecule has 0 spiro atoms. The van der Waals surface area contributed by atoms with E-state index in [0.717, 1.165) is 5.56 Å². The molecule has 0 unspecified atom stereocenters. The molecule has 0 saturated heterocycles. The topological polar surface area (TPSA) is 90.0 Å². The summed E-state index contributed by atoms with van der Waals surface area (Å²) in [4.78, 5) is 23.3. The third-order valence-electron chi connectivity index (χ3n) is 2.72. The average Bonchev–Trinajstić information content (AvgIpc) is 2.71. The van der Waals surface area contributed by atoms with Gasteiger partial charge in [0.05, 0.1) is 6.20 Å². The third-order valence-corrected chi connectivity index (χ3v) is 2.72. The van der Waals surface area contributed by atoms with Crippen molar-refractivity contribution in [1.29, 1.82) is 0 Å². The largest absolute Gasteiger partial charge is 0.365 e. The fourth-order valence-electron chi connectivity index (χ4n) is 1.73. The highest BCUT2D eigenvalue weighted by atomic mass is 16.2. The first-order chi connectivity index (χ1) is 8.99. The number of benzene rings is 1. The van der Waals surface area contributed by atoms with Crippen LogP contribution in [0.1, 0.15) is 26.3 Å². The van der Waals surface area contributed by atoms with Crippen LogP contribution in [0.15, 0.2) is 30.5 Å². The van der Waals surface area contributed by atoms with Crippen molar-refractivity contribution in [2.24, 2.45) is 12.8 Å². The maximum absolute atomic E-state index is 12.1. The lowest BCUT2D eigenvalue weighted by Crippen LogP contribution is -2.19. The molecule has 0 radical (unpaired) electrons. The minimum Gasteiger partial charge on any atom is -0.365 e. The molecule has 0 aliphatic carbocycles. The van der Waals surface area contributed by atoms with Crippen molar-refractivity contribution in [2.75, 3.05) is 5.32 Å². The van der Waals surface area contributed by atoms with E-state index in [1.54, 1.807) is 25.2 Å². The van der Waals surface area contributed by atoms with Crippen LogP contribution >= 0.6 is 0 Å². The van der Waals surface area contributed by atoms with E-state index in [2.05, 4.69) is 10.4 Å². The number of anilines is 1. The molecular weight excluding hydrogens is 244 g/mol. The second kappa shape index (κ2) is 4.93. The van der Waals surface area contributed by atoms with E-state index in [0.29, 0.717) is 11.4 Å². The number of nitrogens with one attached hydrogen (secondary N) is 1. The second-order valence-corrected chi connectivity index (χ2v) is 4.22. The zero-order chi connectivity index (χ0) is 14.0. The molecule has 1 aromatic carbocycles. The first-order valence-electron chi connectivity index (χ1n) is 5.69. The molecule has 3 N–H and O–H groups in total. The van der Waals surface area contributed by atoms with Gasteiger partial charge < -0.3 is 11.1 Å². The molecule has 0 atom stereocenters. The molecule has 6 nitrogen and oxygen atoms in total. The van der Waals surface area contributed by atoms with Gasteiger partial charge in [0.15, 0.2) is 0 Å². The lowest BCUT2D eigenvalue weighted by Gasteiger charge is -2.07. The van der Waals surface area contributed by atoms with Gasteiger partial charge in [0, 0.05) is 12.6 Å². The van der Waals surface area contributed by atoms with Crippen molar-refractivity contribution in [3.63, 3.8) is 0 Å². The summed E-state index contributed by atoms with van der Waals surface area (Å²) >= 11 is 0. The molecule has 1 heterocycles. The molecule has 0 aliphatic rings. The summed E-state index contributed by atoms with van der Waals surface area (Å²) in [6.45, 7) is 1.90. The number of carbonyl (C=O) groups is 2. The summed E-state index contributed by atoms with van der Waals surface area (Å²) in [6.07, 6.45) is 1.33. The van der Waals surface area contributed by atoms with Crippen LogP contribution in [0, 0.1) is 6.92 Å². The van der Waals surface area contributed by atoms with Crippen LogP contribution in [-0.4, -0.2) is 21.6 Å². The van der Waals surface area contributed by atoms with Gasteiger partial charge in [-0.25, -0.2) is 0 Å². The number of nitrogens with two attached hydrogens (primary N) is 1. The smallest absolute Gasteiger partial charge is 0.256 e. The van der Waals surface area contributed by atoms with E-state index in [4.69, 9.17) is 5.73 Å². The number of primary amides is 1. The normalized spacial score (nSPS) is 10.2. The van der Waals surface area contributed by atoms with Crippen molar-refractivity contribution in [3.8, 4) is 0 Å².